The molecule has 90 valence electrons. The van der Waals surface area contributed by atoms with Crippen molar-refractivity contribution in [2.75, 3.05) is 19.0 Å². The Morgan fingerprint density at radius 3 is 2.56 bits per heavy atom. The summed E-state index contributed by atoms with van der Waals surface area (Å²) in [4.78, 5) is 10.6. The third-order valence-corrected chi connectivity index (χ3v) is 2.71. The van der Waals surface area contributed by atoms with Crippen molar-refractivity contribution in [1.29, 1.82) is 0 Å². The van der Waals surface area contributed by atoms with E-state index >= 15 is 0 Å². The van der Waals surface area contributed by atoms with E-state index in [4.69, 9.17) is 0 Å². The van der Waals surface area contributed by atoms with E-state index in [1.165, 1.54) is 0 Å². The Balaban J connectivity index is 2.57. The molecule has 4 heteroatoms. The number of aromatic nitrogens is 2. The number of nitrogens with zero attached hydrogens (tertiary/aromatic N) is 3. The standard InChI is InChI=1S/C12H22N4/c1-9(2)10(3)14-8-11-6-7-13-12(15-11)16(4)5/h6-7,9-10,14H,8H2,1-5H3/t10-/m1/s1. The van der Waals surface area contributed by atoms with E-state index in [-0.39, 0.29) is 0 Å². The van der Waals surface area contributed by atoms with Crippen LogP contribution in [0.15, 0.2) is 12.3 Å². The Hall–Kier alpha value is -1.16. The Kier molecular flexibility index (Phi) is 4.68. The average molecular weight is 222 g/mol. The molecule has 0 aromatic carbocycles. The molecule has 1 rings (SSSR count). The fourth-order valence-corrected chi connectivity index (χ4v) is 1.20. The first-order valence-corrected chi connectivity index (χ1v) is 5.73. The summed E-state index contributed by atoms with van der Waals surface area (Å²) in [5, 5.41) is 3.46. The summed E-state index contributed by atoms with van der Waals surface area (Å²) in [6, 6.07) is 2.45. The van der Waals surface area contributed by atoms with Crippen LogP contribution in [0.2, 0.25) is 0 Å². The maximum absolute atomic E-state index is 4.46. The summed E-state index contributed by atoms with van der Waals surface area (Å²) in [6.45, 7) is 7.41. The molecule has 0 unspecified atom stereocenters. The van der Waals surface area contributed by atoms with Crippen LogP contribution in [0, 0.1) is 5.92 Å². The summed E-state index contributed by atoms with van der Waals surface area (Å²) in [7, 11) is 3.90. The highest BCUT2D eigenvalue weighted by Crippen LogP contribution is 2.05. The van der Waals surface area contributed by atoms with Gasteiger partial charge in [-0.05, 0) is 18.9 Å². The molecule has 0 aliphatic heterocycles. The molecule has 0 radical (unpaired) electrons. The van der Waals surface area contributed by atoms with Crippen LogP contribution in [0.4, 0.5) is 5.95 Å². The summed E-state index contributed by atoms with van der Waals surface area (Å²) in [5.74, 6) is 1.40. The Morgan fingerprint density at radius 1 is 1.31 bits per heavy atom. The topological polar surface area (TPSA) is 41.1 Å². The van der Waals surface area contributed by atoms with Crippen molar-refractivity contribution < 1.29 is 0 Å². The third-order valence-electron chi connectivity index (χ3n) is 2.71. The molecular weight excluding hydrogens is 200 g/mol. The SMILES string of the molecule is CC(C)[C@@H](C)NCc1ccnc(N(C)C)n1. The molecule has 0 bridgehead atoms. The predicted octanol–water partition coefficient (Wildman–Crippen LogP) is 1.68. The lowest BCUT2D eigenvalue weighted by Gasteiger charge is -2.17. The summed E-state index contributed by atoms with van der Waals surface area (Å²) in [5.41, 5.74) is 1.03. The largest absolute Gasteiger partial charge is 0.347 e. The second-order valence-electron chi connectivity index (χ2n) is 4.66. The van der Waals surface area contributed by atoms with Crippen molar-refractivity contribution in [3.05, 3.63) is 18.0 Å². The minimum Gasteiger partial charge on any atom is -0.347 e. The van der Waals surface area contributed by atoms with Crippen LogP contribution in [0.25, 0.3) is 0 Å². The van der Waals surface area contributed by atoms with Gasteiger partial charge in [-0.15, -0.1) is 0 Å². The first-order valence-electron chi connectivity index (χ1n) is 5.73. The normalized spacial score (nSPS) is 12.9. The lowest BCUT2D eigenvalue weighted by molar-refractivity contribution is 0.424. The fraction of sp³-hybridized carbons (Fsp3) is 0.667. The molecule has 0 amide bonds. The molecule has 1 heterocycles. The lowest BCUT2D eigenvalue weighted by atomic mass is 10.1. The highest BCUT2D eigenvalue weighted by molar-refractivity contribution is 5.26. The molecule has 0 saturated heterocycles. The van der Waals surface area contributed by atoms with Gasteiger partial charge in [-0.1, -0.05) is 13.8 Å². The monoisotopic (exact) mass is 222 g/mol. The third kappa shape index (κ3) is 3.77. The maximum atomic E-state index is 4.46. The molecule has 1 aromatic rings. The maximum Gasteiger partial charge on any atom is 0.225 e. The molecule has 16 heavy (non-hydrogen) atoms. The van der Waals surface area contributed by atoms with Crippen molar-refractivity contribution in [1.82, 2.24) is 15.3 Å². The van der Waals surface area contributed by atoms with E-state index in [0.29, 0.717) is 12.0 Å². The Labute approximate surface area is 98.1 Å². The first-order chi connectivity index (χ1) is 7.50. The van der Waals surface area contributed by atoms with Crippen LogP contribution >= 0.6 is 0 Å². The van der Waals surface area contributed by atoms with Crippen molar-refractivity contribution in [2.45, 2.75) is 33.4 Å². The van der Waals surface area contributed by atoms with Gasteiger partial charge in [-0.3, -0.25) is 0 Å². The van der Waals surface area contributed by atoms with Crippen LogP contribution in [0.3, 0.4) is 0 Å². The second kappa shape index (κ2) is 5.80. The van der Waals surface area contributed by atoms with Crippen molar-refractivity contribution in [3.8, 4) is 0 Å². The smallest absolute Gasteiger partial charge is 0.225 e. The molecule has 1 N–H and O–H groups in total. The number of anilines is 1. The Morgan fingerprint density at radius 2 is 2.00 bits per heavy atom. The minimum absolute atomic E-state index is 0.498. The molecule has 4 nitrogen and oxygen atoms in total. The Bertz CT molecular complexity index is 323. The average Bonchev–Trinajstić information content (AvgIpc) is 2.26. The predicted molar refractivity (Wildman–Crippen MR) is 67.5 cm³/mol. The van der Waals surface area contributed by atoms with Crippen LogP contribution in [0.1, 0.15) is 26.5 Å². The van der Waals surface area contributed by atoms with Crippen LogP contribution < -0.4 is 10.2 Å². The molecule has 0 saturated carbocycles. The lowest BCUT2D eigenvalue weighted by Crippen LogP contribution is -2.30. The molecule has 0 aliphatic carbocycles. The van der Waals surface area contributed by atoms with Crippen molar-refractivity contribution in [2.24, 2.45) is 5.92 Å². The van der Waals surface area contributed by atoms with E-state index < -0.39 is 0 Å². The van der Waals surface area contributed by atoms with Crippen LogP contribution in [0.5, 0.6) is 0 Å². The van der Waals surface area contributed by atoms with Gasteiger partial charge in [0.2, 0.25) is 5.95 Å². The summed E-state index contributed by atoms with van der Waals surface area (Å²) in [6.07, 6.45) is 1.80. The van der Waals surface area contributed by atoms with Gasteiger partial charge in [0.1, 0.15) is 0 Å². The van der Waals surface area contributed by atoms with Gasteiger partial charge in [0.25, 0.3) is 0 Å². The zero-order valence-electron chi connectivity index (χ0n) is 10.9. The van der Waals surface area contributed by atoms with Crippen molar-refractivity contribution >= 4 is 5.95 Å². The number of rotatable bonds is 5. The number of hydrogen-bond donors (Lipinski definition) is 1. The highest BCUT2D eigenvalue weighted by atomic mass is 15.2. The molecule has 1 aromatic heterocycles. The van der Waals surface area contributed by atoms with Crippen LogP contribution in [-0.2, 0) is 6.54 Å². The minimum atomic E-state index is 0.498. The van der Waals surface area contributed by atoms with Crippen molar-refractivity contribution in [3.63, 3.8) is 0 Å². The highest BCUT2D eigenvalue weighted by Gasteiger charge is 2.07. The van der Waals surface area contributed by atoms with Gasteiger partial charge in [0, 0.05) is 32.9 Å². The zero-order chi connectivity index (χ0) is 12.1. The van der Waals surface area contributed by atoms with E-state index in [1.54, 1.807) is 6.20 Å². The molecule has 0 fully saturated rings. The number of hydrogen-bond acceptors (Lipinski definition) is 4. The van der Waals surface area contributed by atoms with Gasteiger partial charge in [-0.25, -0.2) is 9.97 Å². The van der Waals surface area contributed by atoms with Gasteiger partial charge < -0.3 is 10.2 Å². The van der Waals surface area contributed by atoms with E-state index in [9.17, 15) is 0 Å². The number of nitrogens with one attached hydrogen (secondary N) is 1. The molecule has 1 atom stereocenters. The van der Waals surface area contributed by atoms with Gasteiger partial charge in [0.15, 0.2) is 0 Å². The van der Waals surface area contributed by atoms with Gasteiger partial charge in [-0.2, -0.15) is 0 Å². The molecular formula is C12H22N4. The fourth-order valence-electron chi connectivity index (χ4n) is 1.20. The second-order valence-corrected chi connectivity index (χ2v) is 4.66. The van der Waals surface area contributed by atoms with E-state index in [2.05, 4.69) is 36.1 Å². The van der Waals surface area contributed by atoms with E-state index in [1.807, 2.05) is 25.1 Å². The molecule has 0 spiro atoms. The van der Waals surface area contributed by atoms with E-state index in [0.717, 1.165) is 18.2 Å². The van der Waals surface area contributed by atoms with Gasteiger partial charge in [0.05, 0.1) is 5.69 Å². The summed E-state index contributed by atoms with van der Waals surface area (Å²) >= 11 is 0. The zero-order valence-corrected chi connectivity index (χ0v) is 10.9. The van der Waals surface area contributed by atoms with Gasteiger partial charge >= 0.3 is 0 Å². The first kappa shape index (κ1) is 12.9. The molecule has 0 aliphatic rings. The summed E-state index contributed by atoms with van der Waals surface area (Å²) < 4.78 is 0. The van der Waals surface area contributed by atoms with Crippen LogP contribution in [-0.4, -0.2) is 30.1 Å². The quantitative estimate of drug-likeness (QED) is 0.823.